The fourth-order valence-corrected chi connectivity index (χ4v) is 2.05. The van der Waals surface area contributed by atoms with Gasteiger partial charge in [0.1, 0.15) is 6.10 Å². The molecule has 84 valence electrons. The van der Waals surface area contributed by atoms with Gasteiger partial charge in [-0.1, -0.05) is 6.07 Å². The first-order chi connectivity index (χ1) is 7.88. The highest BCUT2D eigenvalue weighted by Crippen LogP contribution is 2.26. The number of nitrogens with two attached hydrogens (primary N) is 1. The van der Waals surface area contributed by atoms with E-state index in [1.165, 1.54) is 0 Å². The molecule has 3 rings (SSSR count). The second-order valence-corrected chi connectivity index (χ2v) is 3.98. The Morgan fingerprint density at radius 2 is 2.50 bits per heavy atom. The lowest BCUT2D eigenvalue weighted by atomic mass is 10.2. The minimum absolute atomic E-state index is 0.0607. The van der Waals surface area contributed by atoms with E-state index in [1.54, 1.807) is 4.52 Å². The van der Waals surface area contributed by atoms with Crippen LogP contribution in [0.25, 0.3) is 5.65 Å². The normalized spacial score (nSPS) is 20.7. The zero-order chi connectivity index (χ0) is 11.0. The number of aromatic nitrogens is 3. The lowest BCUT2D eigenvalue weighted by Crippen LogP contribution is -1.99. The van der Waals surface area contributed by atoms with Gasteiger partial charge in [0.05, 0.1) is 0 Å². The van der Waals surface area contributed by atoms with E-state index < -0.39 is 0 Å². The van der Waals surface area contributed by atoms with Gasteiger partial charge in [0.25, 0.3) is 0 Å². The molecule has 2 N–H and O–H groups in total. The minimum atomic E-state index is 0.0607. The van der Waals surface area contributed by atoms with Crippen molar-refractivity contribution in [1.29, 1.82) is 0 Å². The summed E-state index contributed by atoms with van der Waals surface area (Å²) in [5.74, 6) is 0.776. The second-order valence-electron chi connectivity index (χ2n) is 3.98. The van der Waals surface area contributed by atoms with Crippen molar-refractivity contribution in [1.82, 2.24) is 14.6 Å². The monoisotopic (exact) mass is 218 g/mol. The molecule has 1 aliphatic rings. The molecule has 2 aromatic rings. The summed E-state index contributed by atoms with van der Waals surface area (Å²) in [6.07, 6.45) is 4.05. The molecule has 0 saturated carbocycles. The van der Waals surface area contributed by atoms with Gasteiger partial charge >= 0.3 is 0 Å². The SMILES string of the molecule is NCc1cccn2nc(C3CCCO3)nc12. The molecule has 0 aliphatic carbocycles. The van der Waals surface area contributed by atoms with Crippen molar-refractivity contribution in [2.75, 3.05) is 6.61 Å². The van der Waals surface area contributed by atoms with Gasteiger partial charge in [-0.25, -0.2) is 9.50 Å². The molecule has 1 fully saturated rings. The summed E-state index contributed by atoms with van der Waals surface area (Å²) < 4.78 is 7.35. The van der Waals surface area contributed by atoms with Crippen LogP contribution in [-0.2, 0) is 11.3 Å². The highest BCUT2D eigenvalue weighted by atomic mass is 16.5. The van der Waals surface area contributed by atoms with Crippen LogP contribution in [0.5, 0.6) is 0 Å². The Hall–Kier alpha value is -1.46. The summed E-state index contributed by atoms with van der Waals surface area (Å²) in [6.45, 7) is 1.29. The van der Waals surface area contributed by atoms with E-state index in [4.69, 9.17) is 10.5 Å². The second kappa shape index (κ2) is 3.84. The summed E-state index contributed by atoms with van der Waals surface area (Å²) in [7, 11) is 0. The maximum Gasteiger partial charge on any atom is 0.180 e. The lowest BCUT2D eigenvalue weighted by molar-refractivity contribution is 0.105. The molecule has 0 spiro atoms. The highest BCUT2D eigenvalue weighted by Gasteiger charge is 2.22. The largest absolute Gasteiger partial charge is 0.370 e. The Morgan fingerprint density at radius 1 is 1.56 bits per heavy atom. The Balaban J connectivity index is 2.07. The number of ether oxygens (including phenoxy) is 1. The third kappa shape index (κ3) is 1.48. The van der Waals surface area contributed by atoms with Gasteiger partial charge in [-0.2, -0.15) is 0 Å². The van der Waals surface area contributed by atoms with E-state index in [-0.39, 0.29) is 6.10 Å². The van der Waals surface area contributed by atoms with Crippen LogP contribution >= 0.6 is 0 Å². The molecule has 1 saturated heterocycles. The molecule has 0 bridgehead atoms. The zero-order valence-electron chi connectivity index (χ0n) is 8.97. The predicted octanol–water partition coefficient (Wildman–Crippen LogP) is 1.04. The molecule has 0 radical (unpaired) electrons. The van der Waals surface area contributed by atoms with E-state index in [0.29, 0.717) is 6.54 Å². The topological polar surface area (TPSA) is 65.4 Å². The fourth-order valence-electron chi connectivity index (χ4n) is 2.05. The summed E-state index contributed by atoms with van der Waals surface area (Å²) in [5, 5.41) is 4.43. The third-order valence-electron chi connectivity index (χ3n) is 2.90. The molecular formula is C11H14N4O. The molecule has 0 amide bonds. The highest BCUT2D eigenvalue weighted by molar-refractivity contribution is 5.46. The third-order valence-corrected chi connectivity index (χ3v) is 2.90. The summed E-state index contributed by atoms with van der Waals surface area (Å²) in [4.78, 5) is 4.51. The number of fused-ring (bicyclic) bond motifs is 1. The minimum Gasteiger partial charge on any atom is -0.370 e. The molecule has 5 heteroatoms. The smallest absolute Gasteiger partial charge is 0.180 e. The van der Waals surface area contributed by atoms with Crippen LogP contribution in [0.3, 0.4) is 0 Å². The van der Waals surface area contributed by atoms with Crippen LogP contribution in [0.4, 0.5) is 0 Å². The predicted molar refractivity (Wildman–Crippen MR) is 58.8 cm³/mol. The molecule has 16 heavy (non-hydrogen) atoms. The van der Waals surface area contributed by atoms with Crippen molar-refractivity contribution in [3.05, 3.63) is 29.7 Å². The van der Waals surface area contributed by atoms with Crippen LogP contribution in [0.1, 0.15) is 30.3 Å². The first-order valence-corrected chi connectivity index (χ1v) is 5.54. The average molecular weight is 218 g/mol. The maximum absolute atomic E-state index is 5.67. The molecule has 2 aromatic heterocycles. The van der Waals surface area contributed by atoms with Crippen molar-refractivity contribution < 1.29 is 4.74 Å². The molecule has 5 nitrogen and oxygen atoms in total. The molecular weight excluding hydrogens is 204 g/mol. The van der Waals surface area contributed by atoms with Crippen molar-refractivity contribution in [3.63, 3.8) is 0 Å². The maximum atomic E-state index is 5.67. The van der Waals surface area contributed by atoms with Crippen molar-refractivity contribution in [2.45, 2.75) is 25.5 Å². The first kappa shape index (κ1) is 9.74. The van der Waals surface area contributed by atoms with E-state index >= 15 is 0 Å². The summed E-state index contributed by atoms with van der Waals surface area (Å²) in [6, 6.07) is 3.91. The quantitative estimate of drug-likeness (QED) is 0.818. The van der Waals surface area contributed by atoms with Crippen molar-refractivity contribution in [2.24, 2.45) is 5.73 Å². The summed E-state index contributed by atoms with van der Waals surface area (Å²) >= 11 is 0. The van der Waals surface area contributed by atoms with Gasteiger partial charge < -0.3 is 10.5 Å². The van der Waals surface area contributed by atoms with Crippen molar-refractivity contribution >= 4 is 5.65 Å². The zero-order valence-corrected chi connectivity index (χ0v) is 8.97. The Labute approximate surface area is 93.2 Å². The van der Waals surface area contributed by atoms with Crippen molar-refractivity contribution in [3.8, 4) is 0 Å². The van der Waals surface area contributed by atoms with Gasteiger partial charge in [0.2, 0.25) is 0 Å². The van der Waals surface area contributed by atoms with Gasteiger partial charge in [-0.3, -0.25) is 0 Å². The number of pyridine rings is 1. The number of hydrogen-bond acceptors (Lipinski definition) is 4. The average Bonchev–Trinajstić information content (AvgIpc) is 2.96. The van der Waals surface area contributed by atoms with E-state index in [2.05, 4.69) is 10.1 Å². The fraction of sp³-hybridized carbons (Fsp3) is 0.455. The van der Waals surface area contributed by atoms with Crippen LogP contribution in [0.2, 0.25) is 0 Å². The van der Waals surface area contributed by atoms with E-state index in [9.17, 15) is 0 Å². The Bertz CT molecular complexity index is 502. The number of rotatable bonds is 2. The lowest BCUT2D eigenvalue weighted by Gasteiger charge is -2.01. The first-order valence-electron chi connectivity index (χ1n) is 5.54. The molecule has 1 aliphatic heterocycles. The van der Waals surface area contributed by atoms with Gasteiger partial charge in [0, 0.05) is 24.9 Å². The van der Waals surface area contributed by atoms with Crippen LogP contribution in [0.15, 0.2) is 18.3 Å². The summed E-state index contributed by atoms with van der Waals surface area (Å²) in [5.41, 5.74) is 7.52. The number of nitrogens with zero attached hydrogens (tertiary/aromatic N) is 3. The standard InChI is InChI=1S/C11H14N4O/c12-7-8-3-1-5-15-11(8)13-10(14-15)9-4-2-6-16-9/h1,3,5,9H,2,4,6-7,12H2. The van der Waals surface area contributed by atoms with E-state index in [0.717, 1.165) is 36.5 Å². The van der Waals surface area contributed by atoms with Gasteiger partial charge in [-0.05, 0) is 18.9 Å². The van der Waals surface area contributed by atoms with Gasteiger partial charge in [0.15, 0.2) is 11.5 Å². The number of hydrogen-bond donors (Lipinski definition) is 1. The van der Waals surface area contributed by atoms with Crippen LogP contribution in [0, 0.1) is 0 Å². The van der Waals surface area contributed by atoms with E-state index in [1.807, 2.05) is 18.3 Å². The molecule has 3 heterocycles. The van der Waals surface area contributed by atoms with Crippen LogP contribution in [-0.4, -0.2) is 21.2 Å². The van der Waals surface area contributed by atoms with Gasteiger partial charge in [-0.15, -0.1) is 5.10 Å². The molecule has 0 aromatic carbocycles. The molecule has 1 atom stereocenters. The Morgan fingerprint density at radius 3 is 3.25 bits per heavy atom. The molecule has 1 unspecified atom stereocenters. The Kier molecular flexibility index (Phi) is 2.34. The van der Waals surface area contributed by atoms with Crippen LogP contribution < -0.4 is 5.73 Å².